The fraction of sp³-hybridized carbons (Fsp3) is 0.176. The van der Waals surface area contributed by atoms with Crippen LogP contribution in [0.25, 0.3) is 32.6 Å². The van der Waals surface area contributed by atoms with Gasteiger partial charge in [0.05, 0.1) is 31.0 Å². The highest BCUT2D eigenvalue weighted by Gasteiger charge is 2.43. The Morgan fingerprint density at radius 3 is 2.59 bits per heavy atom. The number of amides is 2. The van der Waals surface area contributed by atoms with E-state index in [4.69, 9.17) is 16.3 Å². The van der Waals surface area contributed by atoms with Crippen LogP contribution in [0, 0.1) is 0 Å². The first-order valence-electron chi connectivity index (χ1n) is 14.7. The molecule has 7 rings (SSSR count). The second-order valence-corrected chi connectivity index (χ2v) is 11.7. The highest BCUT2D eigenvalue weighted by atomic mass is 35.5. The number of carbonyl (C=O) groups is 3. The third-order valence-corrected chi connectivity index (χ3v) is 8.94. The number of halogens is 4. The molecule has 0 fully saturated rings. The van der Waals surface area contributed by atoms with E-state index in [0.29, 0.717) is 22.3 Å². The van der Waals surface area contributed by atoms with E-state index in [0.717, 1.165) is 17.9 Å². The van der Waals surface area contributed by atoms with Gasteiger partial charge < -0.3 is 34.8 Å². The Hall–Kier alpha value is -5.76. The minimum atomic E-state index is -4.98. The maximum absolute atomic E-state index is 14.0. The van der Waals surface area contributed by atoms with Crippen molar-refractivity contribution >= 4 is 73.3 Å². The Balaban J connectivity index is 1.22. The van der Waals surface area contributed by atoms with E-state index in [-0.39, 0.29) is 46.0 Å². The highest BCUT2D eigenvalue weighted by Crippen LogP contribution is 2.49. The van der Waals surface area contributed by atoms with E-state index >= 15 is 0 Å². The minimum absolute atomic E-state index is 0.0381. The molecular weight excluding hydrogens is 667 g/mol. The third-order valence-electron chi connectivity index (χ3n) is 8.57. The van der Waals surface area contributed by atoms with Gasteiger partial charge in [0.15, 0.2) is 0 Å². The summed E-state index contributed by atoms with van der Waals surface area (Å²) in [5, 5.41) is 15.5. The number of esters is 1. The number of nitrogens with zero attached hydrogens (tertiary/aromatic N) is 2. The molecule has 250 valence electrons. The van der Waals surface area contributed by atoms with Gasteiger partial charge in [0.2, 0.25) is 0 Å². The maximum Gasteiger partial charge on any atom is 0.432 e. The third kappa shape index (κ3) is 5.24. The molecule has 11 nitrogen and oxygen atoms in total. The summed E-state index contributed by atoms with van der Waals surface area (Å²) in [6, 6.07) is 14.8. The van der Waals surface area contributed by atoms with Crippen molar-refractivity contribution in [1.29, 1.82) is 0 Å². The highest BCUT2D eigenvalue weighted by molar-refractivity contribution is 6.20. The number of nitrogens with one attached hydrogen (secondary N) is 3. The van der Waals surface area contributed by atoms with Crippen LogP contribution in [0.15, 0.2) is 60.8 Å². The van der Waals surface area contributed by atoms with Gasteiger partial charge in [0, 0.05) is 63.4 Å². The summed E-state index contributed by atoms with van der Waals surface area (Å²) in [5.41, 5.74) is -0.924. The van der Waals surface area contributed by atoms with E-state index in [9.17, 15) is 32.7 Å². The zero-order valence-electron chi connectivity index (χ0n) is 25.7. The minimum Gasteiger partial charge on any atom is -0.506 e. The molecule has 3 aromatic heterocycles. The maximum atomic E-state index is 14.0. The first-order valence-corrected chi connectivity index (χ1v) is 15.3. The lowest BCUT2D eigenvalue weighted by atomic mass is 9.95. The molecule has 0 aliphatic carbocycles. The smallest absolute Gasteiger partial charge is 0.432 e. The van der Waals surface area contributed by atoms with Gasteiger partial charge in [-0.25, -0.2) is 4.79 Å². The van der Waals surface area contributed by atoms with Crippen molar-refractivity contribution in [1.82, 2.24) is 15.0 Å². The van der Waals surface area contributed by atoms with Crippen LogP contribution in [0.1, 0.15) is 48.5 Å². The number of aromatic amines is 2. The van der Waals surface area contributed by atoms with E-state index < -0.39 is 46.9 Å². The van der Waals surface area contributed by atoms with E-state index in [1.807, 2.05) is 12.1 Å². The number of hydrogen-bond donors (Lipinski definition) is 4. The zero-order chi connectivity index (χ0) is 34.8. The molecule has 15 heteroatoms. The largest absolute Gasteiger partial charge is 0.506 e. The number of alkyl halides is 4. The van der Waals surface area contributed by atoms with E-state index in [1.165, 1.54) is 18.1 Å². The van der Waals surface area contributed by atoms with Gasteiger partial charge in [-0.3, -0.25) is 14.6 Å². The summed E-state index contributed by atoms with van der Waals surface area (Å²) in [4.78, 5) is 50.4. The number of phenols is 1. The number of hydrogen-bond acceptors (Lipinski definition) is 7. The van der Waals surface area contributed by atoms with Gasteiger partial charge in [0.1, 0.15) is 28.6 Å². The molecule has 0 bridgehead atoms. The van der Waals surface area contributed by atoms with Gasteiger partial charge >= 0.3 is 12.1 Å². The number of ether oxygens (including phenoxy) is 2. The summed E-state index contributed by atoms with van der Waals surface area (Å²) in [7, 11) is 2.49. The lowest BCUT2D eigenvalue weighted by molar-refractivity contribution is -0.141. The molecule has 0 unspecified atom stereocenters. The average Bonchev–Trinajstić information content (AvgIpc) is 3.80. The van der Waals surface area contributed by atoms with Crippen LogP contribution in [-0.2, 0) is 10.9 Å². The SMILES string of the molecule is COC(=O)c1c(C(F)(F)F)[nH]c2c(O)cc3c(c12)[C@H](CCl)CN3C(=O)c1cc2cc(NC(=O)c3cc4c(OC)cccc4cn3)ccc2[nH]1. The monoisotopic (exact) mass is 691 g/mol. The molecule has 0 radical (unpaired) electrons. The molecule has 49 heavy (non-hydrogen) atoms. The lowest BCUT2D eigenvalue weighted by Crippen LogP contribution is -2.30. The predicted molar refractivity (Wildman–Crippen MR) is 176 cm³/mol. The molecule has 1 aliphatic rings. The van der Waals surface area contributed by atoms with Crippen LogP contribution in [0.4, 0.5) is 24.5 Å². The van der Waals surface area contributed by atoms with Gasteiger partial charge in [-0.1, -0.05) is 12.1 Å². The summed E-state index contributed by atoms with van der Waals surface area (Å²) in [6.45, 7) is -0.0381. The van der Waals surface area contributed by atoms with Crippen molar-refractivity contribution < 1.29 is 42.1 Å². The standard InChI is InChI=1S/C34H25ClF3N5O6/c1-48-25-5-3-4-15-13-39-21(10-19(15)25)31(45)40-18-6-7-20-16(8-18)9-22(41-20)32(46)43-14-17(12-35)26-23(43)11-24(44)29-27(26)28(33(47)49-2)30(42-29)34(36,37)38/h3-11,13,17,41-42,44H,12,14H2,1-2H3,(H,40,45)/t17-/m1/s1. The van der Waals surface area contributed by atoms with Crippen molar-refractivity contribution in [2.24, 2.45) is 0 Å². The van der Waals surface area contributed by atoms with Gasteiger partial charge in [-0.05, 0) is 42.0 Å². The van der Waals surface area contributed by atoms with Crippen molar-refractivity contribution in [3.8, 4) is 11.5 Å². The van der Waals surface area contributed by atoms with Gasteiger partial charge in [0.25, 0.3) is 11.8 Å². The van der Waals surface area contributed by atoms with Crippen LogP contribution >= 0.6 is 11.6 Å². The van der Waals surface area contributed by atoms with Crippen molar-refractivity contribution in [2.75, 3.05) is 36.9 Å². The molecule has 0 saturated carbocycles. The molecule has 1 aliphatic heterocycles. The number of aromatic nitrogens is 3. The van der Waals surface area contributed by atoms with Gasteiger partial charge in [-0.15, -0.1) is 11.6 Å². The Morgan fingerprint density at radius 2 is 1.88 bits per heavy atom. The number of phenolic OH excluding ortho intramolecular Hbond substituents is 1. The molecular formula is C34H25ClF3N5O6. The number of carbonyl (C=O) groups excluding carboxylic acids is 3. The van der Waals surface area contributed by atoms with E-state index in [1.54, 1.807) is 42.6 Å². The number of H-pyrrole nitrogens is 2. The number of anilines is 2. The number of aromatic hydroxyl groups is 1. The number of methoxy groups -OCH3 is 2. The molecule has 0 spiro atoms. The molecule has 4 N–H and O–H groups in total. The second kappa shape index (κ2) is 11.7. The summed E-state index contributed by atoms with van der Waals surface area (Å²) < 4.78 is 52.1. The Bertz CT molecular complexity index is 2350. The second-order valence-electron chi connectivity index (χ2n) is 11.4. The fourth-order valence-corrected chi connectivity index (χ4v) is 6.61. The molecule has 6 aromatic rings. The average molecular weight is 692 g/mol. The van der Waals surface area contributed by atoms with Crippen molar-refractivity contribution in [2.45, 2.75) is 12.1 Å². The van der Waals surface area contributed by atoms with Crippen molar-refractivity contribution in [3.05, 3.63) is 89.0 Å². The first-order chi connectivity index (χ1) is 23.4. The topological polar surface area (TPSA) is 150 Å². The fourth-order valence-electron chi connectivity index (χ4n) is 6.36. The van der Waals surface area contributed by atoms with Crippen LogP contribution in [0.2, 0.25) is 0 Å². The Kier molecular flexibility index (Phi) is 7.62. The molecule has 0 saturated heterocycles. The molecule has 1 atom stereocenters. The number of pyridine rings is 1. The molecule has 4 heterocycles. The quantitative estimate of drug-likeness (QED) is 0.109. The first kappa shape index (κ1) is 31.8. The predicted octanol–water partition coefficient (Wildman–Crippen LogP) is 6.95. The molecule has 2 amide bonds. The summed E-state index contributed by atoms with van der Waals surface area (Å²) >= 11 is 6.26. The number of fused-ring (bicyclic) bond motifs is 5. The van der Waals surface area contributed by atoms with Crippen LogP contribution in [0.3, 0.4) is 0 Å². The zero-order valence-corrected chi connectivity index (χ0v) is 26.4. The normalized spacial score (nSPS) is 14.4. The van der Waals surface area contributed by atoms with Crippen LogP contribution in [0.5, 0.6) is 11.5 Å². The summed E-state index contributed by atoms with van der Waals surface area (Å²) in [6.07, 6.45) is -3.40. The van der Waals surface area contributed by atoms with Crippen LogP contribution in [-0.4, -0.2) is 64.5 Å². The number of rotatable bonds is 6. The molecule has 3 aromatic carbocycles. The Morgan fingerprint density at radius 1 is 1.08 bits per heavy atom. The van der Waals surface area contributed by atoms with Crippen molar-refractivity contribution in [3.63, 3.8) is 0 Å². The summed E-state index contributed by atoms with van der Waals surface area (Å²) in [5.74, 6) is -3.07. The van der Waals surface area contributed by atoms with E-state index in [2.05, 4.69) is 25.0 Å². The number of benzene rings is 3. The van der Waals surface area contributed by atoms with Crippen LogP contribution < -0.4 is 15.0 Å². The van der Waals surface area contributed by atoms with Gasteiger partial charge in [-0.2, -0.15) is 13.2 Å². The Labute approximate surface area is 279 Å². The lowest BCUT2D eigenvalue weighted by Gasteiger charge is -2.17.